The van der Waals surface area contributed by atoms with Crippen LogP contribution in [0.3, 0.4) is 0 Å². The lowest BCUT2D eigenvalue weighted by molar-refractivity contribution is 0.0698. The maximum Gasteiger partial charge on any atom is 0.340 e. The second-order valence-corrected chi connectivity index (χ2v) is 7.60. The molecule has 2 aromatic carbocycles. The quantitative estimate of drug-likeness (QED) is 0.647. The molecule has 1 aliphatic rings. The van der Waals surface area contributed by atoms with E-state index < -0.39 is 5.97 Å². The molecule has 1 unspecified atom stereocenters. The number of halogens is 1. The summed E-state index contributed by atoms with van der Waals surface area (Å²) in [5.74, 6) is -0.403. The van der Waals surface area contributed by atoms with Gasteiger partial charge in [-0.2, -0.15) is 0 Å². The molecule has 0 radical (unpaired) electrons. The van der Waals surface area contributed by atoms with Crippen LogP contribution in [0.1, 0.15) is 35.7 Å². The molecule has 3 aromatic rings. The van der Waals surface area contributed by atoms with E-state index in [0.29, 0.717) is 16.4 Å². The van der Waals surface area contributed by atoms with Gasteiger partial charge in [-0.05, 0) is 49.9 Å². The van der Waals surface area contributed by atoms with Crippen LogP contribution in [0.25, 0.3) is 22.0 Å². The molecule has 0 amide bonds. The van der Waals surface area contributed by atoms with E-state index in [2.05, 4.69) is 11.8 Å². The van der Waals surface area contributed by atoms with Gasteiger partial charge >= 0.3 is 5.97 Å². The molecule has 1 saturated heterocycles. The molecular weight excluding hydrogens is 360 g/mol. The van der Waals surface area contributed by atoms with E-state index in [1.54, 1.807) is 0 Å². The average Bonchev–Trinajstić information content (AvgIpc) is 3.06. The lowest BCUT2D eigenvalue weighted by atomic mass is 9.94. The first-order valence-corrected chi connectivity index (χ1v) is 9.54. The zero-order valence-electron chi connectivity index (χ0n) is 15.4. The van der Waals surface area contributed by atoms with E-state index in [1.807, 2.05) is 49.4 Å². The van der Waals surface area contributed by atoms with Crippen LogP contribution in [0.4, 0.5) is 5.82 Å². The van der Waals surface area contributed by atoms with Gasteiger partial charge in [0, 0.05) is 28.6 Å². The number of hydrogen-bond acceptors (Lipinski definition) is 3. The number of anilines is 1. The molecule has 0 spiro atoms. The van der Waals surface area contributed by atoms with Crippen LogP contribution >= 0.6 is 11.6 Å². The molecule has 0 saturated carbocycles. The number of carboxylic acids is 1. The number of fused-ring (bicyclic) bond motifs is 1. The van der Waals surface area contributed by atoms with Crippen LogP contribution in [0.5, 0.6) is 0 Å². The predicted molar refractivity (Wildman–Crippen MR) is 110 cm³/mol. The third-order valence-electron chi connectivity index (χ3n) is 5.33. The number of pyridine rings is 1. The number of aromatic carboxylic acids is 1. The number of benzene rings is 2. The highest BCUT2D eigenvalue weighted by molar-refractivity contribution is 6.31. The summed E-state index contributed by atoms with van der Waals surface area (Å²) in [5, 5.41) is 11.5. The first-order valence-electron chi connectivity index (χ1n) is 9.16. The molecule has 0 bridgehead atoms. The number of aryl methyl sites for hydroxylation is 1. The smallest absolute Gasteiger partial charge is 0.340 e. The van der Waals surface area contributed by atoms with Gasteiger partial charge in [0.1, 0.15) is 11.4 Å². The maximum atomic E-state index is 12.4. The van der Waals surface area contributed by atoms with Gasteiger partial charge in [0.05, 0.1) is 5.52 Å². The molecule has 1 atom stereocenters. The molecule has 1 N–H and O–H groups in total. The molecule has 1 fully saturated rings. The van der Waals surface area contributed by atoms with E-state index in [4.69, 9.17) is 16.6 Å². The number of carboxylic acid groups (broad SMARTS) is 1. The second-order valence-electron chi connectivity index (χ2n) is 7.16. The summed E-state index contributed by atoms with van der Waals surface area (Å²) in [6, 6.07) is 13.6. The number of hydrogen-bond donors (Lipinski definition) is 1. The summed E-state index contributed by atoms with van der Waals surface area (Å²) in [6.07, 6.45) is 2.08. The van der Waals surface area contributed by atoms with Crippen molar-refractivity contribution in [3.8, 4) is 11.1 Å². The van der Waals surface area contributed by atoms with Gasteiger partial charge in [0.15, 0.2) is 0 Å². The monoisotopic (exact) mass is 380 g/mol. The minimum atomic E-state index is -0.963. The Bertz CT molecular complexity index is 1030. The number of carbonyl (C=O) groups is 1. The fraction of sp³-hybridized carbons (Fsp3) is 0.273. The average molecular weight is 381 g/mol. The van der Waals surface area contributed by atoms with Gasteiger partial charge in [-0.1, -0.05) is 41.9 Å². The van der Waals surface area contributed by atoms with E-state index in [0.717, 1.165) is 41.4 Å². The Kier molecular flexibility index (Phi) is 4.52. The van der Waals surface area contributed by atoms with Crippen LogP contribution < -0.4 is 4.90 Å². The summed E-state index contributed by atoms with van der Waals surface area (Å²) in [4.78, 5) is 19.4. The topological polar surface area (TPSA) is 53.4 Å². The Hall–Kier alpha value is -2.59. The highest BCUT2D eigenvalue weighted by Gasteiger charge is 2.30. The highest BCUT2D eigenvalue weighted by atomic mass is 35.5. The standard InChI is InChI=1S/C22H21ClN2O2/c1-13-11-16(23)12-17-18(15-8-4-3-5-9-15)19(22(26)27)21(24-20(13)17)25-10-6-7-14(25)2/h3-5,8-9,11-12,14H,6-7,10H2,1-2H3,(H,26,27). The first-order chi connectivity index (χ1) is 13.0. The number of nitrogens with zero attached hydrogens (tertiary/aromatic N) is 2. The fourth-order valence-corrected chi connectivity index (χ4v) is 4.32. The van der Waals surface area contributed by atoms with Crippen molar-refractivity contribution in [2.75, 3.05) is 11.4 Å². The fourth-order valence-electron chi connectivity index (χ4n) is 4.05. The first kappa shape index (κ1) is 17.8. The number of aromatic nitrogens is 1. The van der Waals surface area contributed by atoms with Crippen molar-refractivity contribution in [1.29, 1.82) is 0 Å². The summed E-state index contributed by atoms with van der Waals surface area (Å²) in [7, 11) is 0. The summed E-state index contributed by atoms with van der Waals surface area (Å²) < 4.78 is 0. The Morgan fingerprint density at radius 3 is 2.63 bits per heavy atom. The van der Waals surface area contributed by atoms with Gasteiger partial charge in [-0.3, -0.25) is 0 Å². The molecule has 0 aliphatic carbocycles. The van der Waals surface area contributed by atoms with Crippen LogP contribution in [0, 0.1) is 6.92 Å². The summed E-state index contributed by atoms with van der Waals surface area (Å²) in [5.41, 5.74) is 3.55. The van der Waals surface area contributed by atoms with Crippen LogP contribution in [0.15, 0.2) is 42.5 Å². The van der Waals surface area contributed by atoms with Crippen molar-refractivity contribution < 1.29 is 9.90 Å². The zero-order valence-corrected chi connectivity index (χ0v) is 16.1. The van der Waals surface area contributed by atoms with E-state index in [9.17, 15) is 9.90 Å². The van der Waals surface area contributed by atoms with Crippen molar-refractivity contribution in [3.05, 3.63) is 58.6 Å². The van der Waals surface area contributed by atoms with Crippen molar-refractivity contribution in [1.82, 2.24) is 4.98 Å². The van der Waals surface area contributed by atoms with E-state index >= 15 is 0 Å². The largest absolute Gasteiger partial charge is 0.478 e. The van der Waals surface area contributed by atoms with Gasteiger partial charge in [-0.25, -0.2) is 9.78 Å². The summed E-state index contributed by atoms with van der Waals surface area (Å²) >= 11 is 6.32. The van der Waals surface area contributed by atoms with Crippen LogP contribution in [-0.4, -0.2) is 28.6 Å². The minimum absolute atomic E-state index is 0.254. The van der Waals surface area contributed by atoms with E-state index in [1.165, 1.54) is 0 Å². The Morgan fingerprint density at radius 2 is 2.00 bits per heavy atom. The van der Waals surface area contributed by atoms with Crippen LogP contribution in [-0.2, 0) is 0 Å². The van der Waals surface area contributed by atoms with Gasteiger partial charge in [0.2, 0.25) is 0 Å². The Morgan fingerprint density at radius 1 is 1.26 bits per heavy atom. The molecule has 4 rings (SSSR count). The second kappa shape index (κ2) is 6.86. The highest BCUT2D eigenvalue weighted by Crippen LogP contribution is 2.40. The lowest BCUT2D eigenvalue weighted by Gasteiger charge is -2.26. The molecule has 138 valence electrons. The molecule has 1 aromatic heterocycles. The third-order valence-corrected chi connectivity index (χ3v) is 5.55. The van der Waals surface area contributed by atoms with Gasteiger partial charge in [0.25, 0.3) is 0 Å². The molecule has 2 heterocycles. The van der Waals surface area contributed by atoms with Crippen molar-refractivity contribution >= 4 is 34.3 Å². The summed E-state index contributed by atoms with van der Waals surface area (Å²) in [6.45, 7) is 4.91. The third kappa shape index (κ3) is 3.04. The maximum absolute atomic E-state index is 12.4. The van der Waals surface area contributed by atoms with Crippen molar-refractivity contribution in [2.24, 2.45) is 0 Å². The zero-order chi connectivity index (χ0) is 19.1. The minimum Gasteiger partial charge on any atom is -0.478 e. The van der Waals surface area contributed by atoms with Crippen molar-refractivity contribution in [3.63, 3.8) is 0 Å². The Labute approximate surface area is 163 Å². The van der Waals surface area contributed by atoms with Crippen molar-refractivity contribution in [2.45, 2.75) is 32.7 Å². The number of rotatable bonds is 3. The normalized spacial score (nSPS) is 16.9. The van der Waals surface area contributed by atoms with Crippen LogP contribution in [0.2, 0.25) is 5.02 Å². The SMILES string of the molecule is Cc1cc(Cl)cc2c(-c3ccccc3)c(C(=O)O)c(N3CCCC3C)nc12. The Balaban J connectivity index is 2.16. The molecule has 4 nitrogen and oxygen atoms in total. The lowest BCUT2D eigenvalue weighted by Crippen LogP contribution is -2.29. The predicted octanol–water partition coefficient (Wildman–Crippen LogP) is 5.55. The van der Waals surface area contributed by atoms with E-state index in [-0.39, 0.29) is 11.6 Å². The molecule has 5 heteroatoms. The molecule has 1 aliphatic heterocycles. The van der Waals surface area contributed by atoms with Gasteiger partial charge < -0.3 is 10.0 Å². The van der Waals surface area contributed by atoms with Gasteiger partial charge in [-0.15, -0.1) is 0 Å². The molecule has 27 heavy (non-hydrogen) atoms. The molecular formula is C22H21ClN2O2.